The molecule has 0 aromatic carbocycles. The van der Waals surface area contributed by atoms with Gasteiger partial charge in [-0.1, -0.05) is 31.9 Å². The summed E-state index contributed by atoms with van der Waals surface area (Å²) in [5, 5.41) is 0. The van der Waals surface area contributed by atoms with Crippen LogP contribution in [0, 0.1) is 0 Å². The SMILES string of the molecule is CCCCC=CC[Si](C)(C)OC. The monoisotopic (exact) mass is 186 g/mol. The highest BCUT2D eigenvalue weighted by molar-refractivity contribution is 6.71. The second kappa shape index (κ2) is 6.43. The number of rotatable bonds is 6. The van der Waals surface area contributed by atoms with E-state index in [0.29, 0.717) is 0 Å². The van der Waals surface area contributed by atoms with Crippen LogP contribution in [-0.4, -0.2) is 15.4 Å². The van der Waals surface area contributed by atoms with Crippen molar-refractivity contribution in [3.8, 4) is 0 Å². The van der Waals surface area contributed by atoms with Crippen LogP contribution in [0.2, 0.25) is 19.1 Å². The molecule has 0 aliphatic carbocycles. The molecule has 1 nitrogen and oxygen atoms in total. The summed E-state index contributed by atoms with van der Waals surface area (Å²) in [6.07, 6.45) is 8.40. The Morgan fingerprint density at radius 1 is 1.25 bits per heavy atom. The van der Waals surface area contributed by atoms with Gasteiger partial charge in [0.15, 0.2) is 8.32 Å². The van der Waals surface area contributed by atoms with Crippen LogP contribution in [0.3, 0.4) is 0 Å². The summed E-state index contributed by atoms with van der Waals surface area (Å²) in [5.41, 5.74) is 0. The maximum Gasteiger partial charge on any atom is 0.189 e. The summed E-state index contributed by atoms with van der Waals surface area (Å²) in [5.74, 6) is 0. The van der Waals surface area contributed by atoms with E-state index in [1.54, 1.807) is 0 Å². The zero-order valence-corrected chi connectivity index (χ0v) is 9.89. The smallest absolute Gasteiger partial charge is 0.189 e. The minimum absolute atomic E-state index is 1.15. The van der Waals surface area contributed by atoms with Gasteiger partial charge in [0, 0.05) is 7.11 Å². The minimum Gasteiger partial charge on any atom is -0.420 e. The van der Waals surface area contributed by atoms with Gasteiger partial charge in [0.2, 0.25) is 0 Å². The van der Waals surface area contributed by atoms with Crippen LogP contribution < -0.4 is 0 Å². The summed E-state index contributed by atoms with van der Waals surface area (Å²) in [6, 6.07) is 1.15. The molecule has 0 bridgehead atoms. The Labute approximate surface area is 78.0 Å². The third-order valence-electron chi connectivity index (χ3n) is 2.05. The largest absolute Gasteiger partial charge is 0.420 e. The zero-order chi connectivity index (χ0) is 9.45. The molecule has 0 heterocycles. The summed E-state index contributed by atoms with van der Waals surface area (Å²) in [7, 11) is 0.501. The number of unbranched alkanes of at least 4 members (excludes halogenated alkanes) is 2. The maximum absolute atomic E-state index is 5.43. The summed E-state index contributed by atoms with van der Waals surface area (Å²) < 4.78 is 5.43. The van der Waals surface area contributed by atoms with E-state index in [-0.39, 0.29) is 0 Å². The summed E-state index contributed by atoms with van der Waals surface area (Å²) in [4.78, 5) is 0. The fourth-order valence-corrected chi connectivity index (χ4v) is 1.79. The highest BCUT2D eigenvalue weighted by Gasteiger charge is 2.17. The van der Waals surface area contributed by atoms with Crippen molar-refractivity contribution < 1.29 is 4.43 Å². The minimum atomic E-state index is -1.32. The van der Waals surface area contributed by atoms with E-state index in [4.69, 9.17) is 4.43 Å². The molecule has 0 rings (SSSR count). The lowest BCUT2D eigenvalue weighted by molar-refractivity contribution is 0.407. The molecule has 0 aliphatic rings. The third kappa shape index (κ3) is 6.62. The predicted octanol–water partition coefficient (Wildman–Crippen LogP) is 3.58. The van der Waals surface area contributed by atoms with Gasteiger partial charge in [0.1, 0.15) is 0 Å². The quantitative estimate of drug-likeness (QED) is 0.350. The summed E-state index contributed by atoms with van der Waals surface area (Å²) in [6.45, 7) is 6.72. The predicted molar refractivity (Wildman–Crippen MR) is 58.0 cm³/mol. The molecule has 0 atom stereocenters. The van der Waals surface area contributed by atoms with Crippen LogP contribution in [0.4, 0.5) is 0 Å². The molecule has 0 amide bonds. The van der Waals surface area contributed by atoms with Crippen molar-refractivity contribution in [2.24, 2.45) is 0 Å². The van der Waals surface area contributed by atoms with E-state index >= 15 is 0 Å². The lowest BCUT2D eigenvalue weighted by Gasteiger charge is -2.17. The second-order valence-electron chi connectivity index (χ2n) is 3.78. The lowest BCUT2D eigenvalue weighted by atomic mass is 10.2. The van der Waals surface area contributed by atoms with Gasteiger partial charge in [-0.15, -0.1) is 0 Å². The number of allylic oxidation sites excluding steroid dienone is 2. The van der Waals surface area contributed by atoms with Crippen LogP contribution in [0.25, 0.3) is 0 Å². The molecule has 72 valence electrons. The Balaban J connectivity index is 3.46. The molecule has 0 spiro atoms. The van der Waals surface area contributed by atoms with Crippen molar-refractivity contribution in [3.63, 3.8) is 0 Å². The maximum atomic E-state index is 5.43. The third-order valence-corrected chi connectivity index (χ3v) is 4.38. The van der Waals surface area contributed by atoms with Crippen molar-refractivity contribution in [3.05, 3.63) is 12.2 Å². The standard InChI is InChI=1S/C10H22OSi/c1-5-6-7-8-9-10-12(3,4)11-2/h8-9H,5-7,10H2,1-4H3. The molecule has 0 saturated carbocycles. The Morgan fingerprint density at radius 3 is 2.42 bits per heavy atom. The van der Waals surface area contributed by atoms with Crippen molar-refractivity contribution in [2.75, 3.05) is 7.11 Å². The van der Waals surface area contributed by atoms with Gasteiger partial charge in [-0.2, -0.15) is 0 Å². The first kappa shape index (κ1) is 11.9. The molecule has 0 fully saturated rings. The molecule has 12 heavy (non-hydrogen) atoms. The number of hydrogen-bond donors (Lipinski definition) is 0. The molecular weight excluding hydrogens is 164 g/mol. The first-order valence-electron chi connectivity index (χ1n) is 4.82. The Bertz CT molecular complexity index is 130. The summed E-state index contributed by atoms with van der Waals surface area (Å²) >= 11 is 0. The Morgan fingerprint density at radius 2 is 1.92 bits per heavy atom. The van der Waals surface area contributed by atoms with E-state index in [2.05, 4.69) is 32.2 Å². The van der Waals surface area contributed by atoms with E-state index in [9.17, 15) is 0 Å². The van der Waals surface area contributed by atoms with Gasteiger partial charge in [-0.25, -0.2) is 0 Å². The highest BCUT2D eigenvalue weighted by atomic mass is 28.4. The first-order chi connectivity index (χ1) is 5.62. The fourth-order valence-electron chi connectivity index (χ4n) is 0.890. The average molecular weight is 186 g/mol. The van der Waals surface area contributed by atoms with Crippen LogP contribution in [0.1, 0.15) is 26.2 Å². The highest BCUT2D eigenvalue weighted by Crippen LogP contribution is 2.10. The van der Waals surface area contributed by atoms with Gasteiger partial charge in [-0.3, -0.25) is 0 Å². The zero-order valence-electron chi connectivity index (χ0n) is 8.89. The molecule has 0 N–H and O–H groups in total. The van der Waals surface area contributed by atoms with Crippen LogP contribution >= 0.6 is 0 Å². The van der Waals surface area contributed by atoms with E-state index < -0.39 is 8.32 Å². The normalized spacial score (nSPS) is 12.7. The van der Waals surface area contributed by atoms with Gasteiger partial charge in [0.25, 0.3) is 0 Å². The van der Waals surface area contributed by atoms with Gasteiger partial charge in [-0.05, 0) is 25.6 Å². The van der Waals surface area contributed by atoms with Crippen LogP contribution in [0.15, 0.2) is 12.2 Å². The van der Waals surface area contributed by atoms with E-state index in [0.717, 1.165) is 6.04 Å². The molecular formula is C10H22OSi. The Hall–Kier alpha value is -0.0831. The molecule has 0 radical (unpaired) electrons. The van der Waals surface area contributed by atoms with Crippen molar-refractivity contribution in [2.45, 2.75) is 45.3 Å². The average Bonchev–Trinajstić information content (AvgIpc) is 2.04. The molecule has 0 aromatic heterocycles. The molecule has 0 unspecified atom stereocenters. The molecule has 0 aromatic rings. The van der Waals surface area contributed by atoms with Crippen LogP contribution in [-0.2, 0) is 4.43 Å². The van der Waals surface area contributed by atoms with Crippen molar-refractivity contribution in [1.82, 2.24) is 0 Å². The van der Waals surface area contributed by atoms with E-state index in [1.807, 2.05) is 7.11 Å². The molecule has 2 heteroatoms. The Kier molecular flexibility index (Phi) is 6.39. The van der Waals surface area contributed by atoms with Gasteiger partial charge < -0.3 is 4.43 Å². The lowest BCUT2D eigenvalue weighted by Crippen LogP contribution is -2.27. The number of hydrogen-bond acceptors (Lipinski definition) is 1. The van der Waals surface area contributed by atoms with E-state index in [1.165, 1.54) is 19.3 Å². The van der Waals surface area contributed by atoms with Gasteiger partial charge >= 0.3 is 0 Å². The fraction of sp³-hybridized carbons (Fsp3) is 0.800. The van der Waals surface area contributed by atoms with Gasteiger partial charge in [0.05, 0.1) is 0 Å². The van der Waals surface area contributed by atoms with Crippen molar-refractivity contribution in [1.29, 1.82) is 0 Å². The van der Waals surface area contributed by atoms with Crippen molar-refractivity contribution >= 4 is 8.32 Å². The second-order valence-corrected chi connectivity index (χ2v) is 8.12. The molecule has 0 aliphatic heterocycles. The first-order valence-corrected chi connectivity index (χ1v) is 7.94. The topological polar surface area (TPSA) is 9.23 Å². The molecule has 0 saturated heterocycles. The van der Waals surface area contributed by atoms with Crippen LogP contribution in [0.5, 0.6) is 0 Å².